The predicted molar refractivity (Wildman–Crippen MR) is 108 cm³/mol. The van der Waals surface area contributed by atoms with Crippen LogP contribution in [0.1, 0.15) is 22.4 Å². The number of aromatic nitrogens is 3. The average molecular weight is 355 g/mol. The average Bonchev–Trinajstić information content (AvgIpc) is 2.68. The number of aryl methyl sites for hydroxylation is 1. The molecule has 4 aromatic rings. The number of nitrogen functional groups attached to an aromatic ring is 1. The standard InChI is InChI=1S/C22H21N5/c1-14-6-7-21-17(10-14)18(16-4-2-3-5-20(16)25-21)13-27-9-8-19-15(12-27)11-24-22(23)26-19/h2-7,10-11H,8-9,12-13H2,1H3,(H2,23,24,26). The normalized spacial score (nSPS) is 14.6. The number of nitrogens with zero attached hydrogens (tertiary/aromatic N) is 4. The Bertz CT molecular complexity index is 1170. The van der Waals surface area contributed by atoms with Crippen molar-refractivity contribution < 1.29 is 0 Å². The van der Waals surface area contributed by atoms with Crippen molar-refractivity contribution in [2.45, 2.75) is 26.4 Å². The molecule has 5 nitrogen and oxygen atoms in total. The van der Waals surface area contributed by atoms with Crippen LogP contribution in [0.5, 0.6) is 0 Å². The Hall–Kier alpha value is -3.05. The summed E-state index contributed by atoms with van der Waals surface area (Å²) in [5, 5.41) is 2.48. The van der Waals surface area contributed by atoms with Crippen LogP contribution in [0.4, 0.5) is 5.95 Å². The first-order valence-corrected chi connectivity index (χ1v) is 9.28. The highest BCUT2D eigenvalue weighted by molar-refractivity contribution is 5.97. The van der Waals surface area contributed by atoms with Crippen LogP contribution in [0.25, 0.3) is 21.8 Å². The largest absolute Gasteiger partial charge is 0.368 e. The second-order valence-corrected chi connectivity index (χ2v) is 7.29. The third kappa shape index (κ3) is 2.90. The van der Waals surface area contributed by atoms with Gasteiger partial charge in [-0.05, 0) is 30.7 Å². The molecule has 0 saturated heterocycles. The summed E-state index contributed by atoms with van der Waals surface area (Å²) in [7, 11) is 0. The SMILES string of the molecule is Cc1ccc2nc3ccccc3c(CN3CCc4nc(N)ncc4C3)c2c1. The number of benzene rings is 2. The summed E-state index contributed by atoms with van der Waals surface area (Å²) in [5.41, 5.74) is 12.7. The zero-order chi connectivity index (χ0) is 18.4. The van der Waals surface area contributed by atoms with E-state index in [4.69, 9.17) is 10.7 Å². The molecule has 134 valence electrons. The molecule has 0 fully saturated rings. The van der Waals surface area contributed by atoms with Gasteiger partial charge in [-0.1, -0.05) is 29.8 Å². The van der Waals surface area contributed by atoms with Crippen LogP contribution in [-0.2, 0) is 19.5 Å². The van der Waals surface area contributed by atoms with E-state index in [9.17, 15) is 0 Å². The number of hydrogen-bond acceptors (Lipinski definition) is 5. The smallest absolute Gasteiger partial charge is 0.220 e. The maximum Gasteiger partial charge on any atom is 0.220 e. The van der Waals surface area contributed by atoms with Crippen molar-refractivity contribution in [3.8, 4) is 0 Å². The molecule has 27 heavy (non-hydrogen) atoms. The Kier molecular flexibility index (Phi) is 3.76. The number of anilines is 1. The van der Waals surface area contributed by atoms with E-state index in [-0.39, 0.29) is 0 Å². The number of pyridine rings is 1. The van der Waals surface area contributed by atoms with Gasteiger partial charge >= 0.3 is 0 Å². The zero-order valence-corrected chi connectivity index (χ0v) is 15.3. The maximum absolute atomic E-state index is 5.74. The van der Waals surface area contributed by atoms with E-state index in [0.717, 1.165) is 42.8 Å². The molecule has 0 saturated carbocycles. The molecule has 0 bridgehead atoms. The molecule has 0 radical (unpaired) electrons. The lowest BCUT2D eigenvalue weighted by molar-refractivity contribution is 0.244. The molecule has 5 rings (SSSR count). The highest BCUT2D eigenvalue weighted by atomic mass is 15.1. The number of fused-ring (bicyclic) bond motifs is 3. The lowest BCUT2D eigenvalue weighted by Gasteiger charge is -2.28. The van der Waals surface area contributed by atoms with Crippen LogP contribution in [-0.4, -0.2) is 26.4 Å². The molecule has 5 heteroatoms. The Labute approximate surface area is 157 Å². The number of para-hydroxylation sites is 1. The minimum atomic E-state index is 0.365. The Morgan fingerprint density at radius 1 is 1.04 bits per heavy atom. The predicted octanol–water partition coefficient (Wildman–Crippen LogP) is 3.63. The molecule has 2 aromatic carbocycles. The van der Waals surface area contributed by atoms with Crippen LogP contribution < -0.4 is 5.73 Å². The van der Waals surface area contributed by atoms with Crippen molar-refractivity contribution >= 4 is 27.8 Å². The van der Waals surface area contributed by atoms with Gasteiger partial charge < -0.3 is 5.73 Å². The molecule has 0 aliphatic carbocycles. The quantitative estimate of drug-likeness (QED) is 0.556. The molecule has 0 amide bonds. The van der Waals surface area contributed by atoms with Gasteiger partial charge in [-0.2, -0.15) is 0 Å². The van der Waals surface area contributed by atoms with Crippen LogP contribution in [0.15, 0.2) is 48.7 Å². The maximum atomic E-state index is 5.74. The van der Waals surface area contributed by atoms with Crippen molar-refractivity contribution in [2.75, 3.05) is 12.3 Å². The van der Waals surface area contributed by atoms with E-state index in [1.165, 1.54) is 27.5 Å². The van der Waals surface area contributed by atoms with Gasteiger partial charge in [0.05, 0.1) is 16.7 Å². The third-order valence-corrected chi connectivity index (χ3v) is 5.36. The summed E-state index contributed by atoms with van der Waals surface area (Å²) in [6, 6.07) is 14.9. The second kappa shape index (κ2) is 6.28. The van der Waals surface area contributed by atoms with Crippen molar-refractivity contribution in [1.82, 2.24) is 19.9 Å². The van der Waals surface area contributed by atoms with Crippen LogP contribution in [0.2, 0.25) is 0 Å². The monoisotopic (exact) mass is 355 g/mol. The van der Waals surface area contributed by atoms with Crippen molar-refractivity contribution in [2.24, 2.45) is 0 Å². The molecule has 3 heterocycles. The van der Waals surface area contributed by atoms with Gasteiger partial charge in [0, 0.05) is 48.6 Å². The minimum Gasteiger partial charge on any atom is -0.368 e. The Balaban J connectivity index is 1.59. The fourth-order valence-corrected chi connectivity index (χ4v) is 4.01. The molecule has 0 spiro atoms. The highest BCUT2D eigenvalue weighted by Gasteiger charge is 2.20. The van der Waals surface area contributed by atoms with Crippen LogP contribution in [0.3, 0.4) is 0 Å². The van der Waals surface area contributed by atoms with Gasteiger partial charge in [0.2, 0.25) is 5.95 Å². The third-order valence-electron chi connectivity index (χ3n) is 5.36. The lowest BCUT2D eigenvalue weighted by atomic mass is 9.99. The Morgan fingerprint density at radius 3 is 2.81 bits per heavy atom. The van der Waals surface area contributed by atoms with Crippen molar-refractivity contribution in [3.63, 3.8) is 0 Å². The first-order valence-electron chi connectivity index (χ1n) is 9.28. The van der Waals surface area contributed by atoms with Gasteiger partial charge in [-0.25, -0.2) is 15.0 Å². The summed E-state index contributed by atoms with van der Waals surface area (Å²) >= 11 is 0. The van der Waals surface area contributed by atoms with E-state index in [2.05, 4.69) is 64.3 Å². The lowest BCUT2D eigenvalue weighted by Crippen LogP contribution is -2.31. The zero-order valence-electron chi connectivity index (χ0n) is 15.3. The van der Waals surface area contributed by atoms with Gasteiger partial charge in [0.1, 0.15) is 0 Å². The molecule has 0 unspecified atom stereocenters. The van der Waals surface area contributed by atoms with Crippen LogP contribution in [0, 0.1) is 6.92 Å². The minimum absolute atomic E-state index is 0.365. The van der Waals surface area contributed by atoms with Gasteiger partial charge in [-0.15, -0.1) is 0 Å². The van der Waals surface area contributed by atoms with E-state index in [1.54, 1.807) is 0 Å². The van der Waals surface area contributed by atoms with Gasteiger partial charge in [0.25, 0.3) is 0 Å². The van der Waals surface area contributed by atoms with E-state index >= 15 is 0 Å². The highest BCUT2D eigenvalue weighted by Crippen LogP contribution is 2.29. The van der Waals surface area contributed by atoms with Gasteiger partial charge in [0.15, 0.2) is 0 Å². The van der Waals surface area contributed by atoms with Crippen molar-refractivity contribution in [3.05, 3.63) is 71.0 Å². The molecule has 2 aromatic heterocycles. The molecule has 2 N–H and O–H groups in total. The number of rotatable bonds is 2. The number of hydrogen-bond donors (Lipinski definition) is 1. The van der Waals surface area contributed by atoms with Crippen molar-refractivity contribution in [1.29, 1.82) is 0 Å². The second-order valence-electron chi connectivity index (χ2n) is 7.29. The van der Waals surface area contributed by atoms with Crippen LogP contribution >= 0.6 is 0 Å². The molecular weight excluding hydrogens is 334 g/mol. The number of nitrogens with two attached hydrogens (primary N) is 1. The molecular formula is C22H21N5. The summed E-state index contributed by atoms with van der Waals surface area (Å²) in [6.07, 6.45) is 2.78. The summed E-state index contributed by atoms with van der Waals surface area (Å²) < 4.78 is 0. The topological polar surface area (TPSA) is 67.9 Å². The molecule has 1 aliphatic rings. The van der Waals surface area contributed by atoms with E-state index in [0.29, 0.717) is 5.95 Å². The summed E-state index contributed by atoms with van der Waals surface area (Å²) in [5.74, 6) is 0.365. The fourth-order valence-electron chi connectivity index (χ4n) is 4.01. The Morgan fingerprint density at radius 2 is 1.89 bits per heavy atom. The summed E-state index contributed by atoms with van der Waals surface area (Å²) in [6.45, 7) is 4.83. The van der Waals surface area contributed by atoms with E-state index in [1.807, 2.05) is 6.20 Å². The van der Waals surface area contributed by atoms with Gasteiger partial charge in [-0.3, -0.25) is 4.90 Å². The fraction of sp³-hybridized carbons (Fsp3) is 0.227. The first-order chi connectivity index (χ1) is 13.2. The first kappa shape index (κ1) is 16.1. The molecule has 0 atom stereocenters. The van der Waals surface area contributed by atoms with E-state index < -0.39 is 0 Å². The molecule has 1 aliphatic heterocycles. The summed E-state index contributed by atoms with van der Waals surface area (Å²) in [4.78, 5) is 15.9.